The number of nitrogens with one attached hydrogen (secondary N) is 1. The third kappa shape index (κ3) is 5.47. The summed E-state index contributed by atoms with van der Waals surface area (Å²) in [6.45, 7) is 2.40. The van der Waals surface area contributed by atoms with Crippen LogP contribution in [0.25, 0.3) is 0 Å². The summed E-state index contributed by atoms with van der Waals surface area (Å²) in [6.07, 6.45) is 0.261. The number of nitrogens with zero attached hydrogens (tertiary/aromatic N) is 3. The molecule has 0 spiro atoms. The number of ether oxygens (including phenoxy) is 1. The molecule has 1 aliphatic rings. The van der Waals surface area contributed by atoms with Crippen LogP contribution in [-0.4, -0.2) is 60.9 Å². The smallest absolute Gasteiger partial charge is 0.317 e. The molecular weight excluding hydrogens is 418 g/mol. The van der Waals surface area contributed by atoms with Crippen LogP contribution in [0.4, 0.5) is 13.6 Å². The van der Waals surface area contributed by atoms with Gasteiger partial charge in [-0.1, -0.05) is 30.3 Å². The highest BCUT2D eigenvalue weighted by Crippen LogP contribution is 2.34. The van der Waals surface area contributed by atoms with Gasteiger partial charge in [-0.2, -0.15) is 5.10 Å². The number of carbonyl (C=O) groups is 2. The van der Waals surface area contributed by atoms with Crippen LogP contribution in [0.2, 0.25) is 0 Å². The first-order chi connectivity index (χ1) is 15.4. The highest BCUT2D eigenvalue weighted by atomic mass is 19.1. The molecule has 0 saturated heterocycles. The Bertz CT molecular complexity index is 981. The number of urea groups is 1. The van der Waals surface area contributed by atoms with E-state index in [1.54, 1.807) is 37.3 Å². The average Bonchev–Trinajstić information content (AvgIpc) is 3.22. The van der Waals surface area contributed by atoms with E-state index in [1.807, 2.05) is 0 Å². The van der Waals surface area contributed by atoms with Gasteiger partial charge in [0.25, 0.3) is 5.91 Å². The van der Waals surface area contributed by atoms with Crippen LogP contribution in [0.3, 0.4) is 0 Å². The second-order valence-corrected chi connectivity index (χ2v) is 7.28. The Morgan fingerprint density at radius 2 is 1.91 bits per heavy atom. The molecule has 0 aromatic heterocycles. The quantitative estimate of drug-likeness (QED) is 0.679. The number of hydrogen-bond donors (Lipinski definition) is 1. The van der Waals surface area contributed by atoms with E-state index in [-0.39, 0.29) is 31.9 Å². The van der Waals surface area contributed by atoms with Crippen molar-refractivity contribution in [2.45, 2.75) is 19.4 Å². The van der Waals surface area contributed by atoms with Crippen LogP contribution in [-0.2, 0) is 9.53 Å². The molecule has 0 saturated carbocycles. The van der Waals surface area contributed by atoms with E-state index in [1.165, 1.54) is 35.2 Å². The molecule has 9 heteroatoms. The predicted molar refractivity (Wildman–Crippen MR) is 116 cm³/mol. The van der Waals surface area contributed by atoms with Gasteiger partial charge in [0.1, 0.15) is 18.2 Å². The number of carbonyl (C=O) groups excluding carboxylic acids is 2. The molecule has 1 atom stereocenters. The first-order valence-corrected chi connectivity index (χ1v) is 10.4. The maximum absolute atomic E-state index is 14.6. The minimum absolute atomic E-state index is 0.209. The number of rotatable bonds is 8. The summed E-state index contributed by atoms with van der Waals surface area (Å²) < 4.78 is 33.0. The van der Waals surface area contributed by atoms with E-state index >= 15 is 0 Å². The Morgan fingerprint density at radius 1 is 1.19 bits per heavy atom. The van der Waals surface area contributed by atoms with Gasteiger partial charge >= 0.3 is 6.03 Å². The lowest BCUT2D eigenvalue weighted by molar-refractivity contribution is -0.133. The number of halogens is 2. The first-order valence-electron chi connectivity index (χ1n) is 10.4. The summed E-state index contributed by atoms with van der Waals surface area (Å²) in [5.41, 5.74) is 1.50. The van der Waals surface area contributed by atoms with E-state index in [4.69, 9.17) is 4.74 Å². The minimum Gasteiger partial charge on any atom is -0.383 e. The fourth-order valence-electron chi connectivity index (χ4n) is 3.50. The zero-order chi connectivity index (χ0) is 23.1. The number of methoxy groups -OCH3 is 1. The molecule has 1 unspecified atom stereocenters. The highest BCUT2D eigenvalue weighted by molar-refractivity contribution is 6.03. The highest BCUT2D eigenvalue weighted by Gasteiger charge is 2.35. The van der Waals surface area contributed by atoms with Crippen molar-refractivity contribution in [3.8, 4) is 0 Å². The normalized spacial score (nSPS) is 15.4. The standard InChI is InChI=1S/C23H26F2N4O3/c1-3-26-23(31)28(12-13-32-2)15-22(30)29-21(18-6-4-5-7-19(18)25)14-20(27-29)16-8-10-17(24)11-9-16/h4-11,21H,3,12-15H2,1-2H3,(H,26,31). The van der Waals surface area contributed by atoms with Crippen molar-refractivity contribution in [2.75, 3.05) is 33.4 Å². The fraction of sp³-hybridized carbons (Fsp3) is 0.348. The van der Waals surface area contributed by atoms with E-state index in [2.05, 4.69) is 10.4 Å². The van der Waals surface area contributed by atoms with E-state index in [0.717, 1.165) is 0 Å². The van der Waals surface area contributed by atoms with Crippen molar-refractivity contribution in [1.82, 2.24) is 15.2 Å². The predicted octanol–water partition coefficient (Wildman–Crippen LogP) is 3.32. The van der Waals surface area contributed by atoms with Crippen molar-refractivity contribution >= 4 is 17.6 Å². The van der Waals surface area contributed by atoms with Gasteiger partial charge in [-0.25, -0.2) is 18.6 Å². The molecule has 0 fully saturated rings. The second-order valence-electron chi connectivity index (χ2n) is 7.28. The number of amides is 3. The van der Waals surface area contributed by atoms with Crippen LogP contribution in [0, 0.1) is 11.6 Å². The van der Waals surface area contributed by atoms with Crippen molar-refractivity contribution < 1.29 is 23.1 Å². The molecule has 1 N–H and O–H groups in total. The molecule has 0 aliphatic carbocycles. The summed E-state index contributed by atoms with van der Waals surface area (Å²) in [5, 5.41) is 8.34. The van der Waals surface area contributed by atoms with E-state index in [9.17, 15) is 18.4 Å². The van der Waals surface area contributed by atoms with Gasteiger partial charge in [-0.15, -0.1) is 0 Å². The molecule has 1 heterocycles. The van der Waals surface area contributed by atoms with Crippen molar-refractivity contribution in [1.29, 1.82) is 0 Å². The van der Waals surface area contributed by atoms with Crippen LogP contribution in [0.1, 0.15) is 30.5 Å². The Kier molecular flexibility index (Phi) is 7.88. The Labute approximate surface area is 185 Å². The number of hydrazone groups is 1. The van der Waals surface area contributed by atoms with Crippen molar-refractivity contribution in [3.63, 3.8) is 0 Å². The fourth-order valence-corrected chi connectivity index (χ4v) is 3.50. The van der Waals surface area contributed by atoms with E-state index in [0.29, 0.717) is 23.4 Å². The molecule has 1 aliphatic heterocycles. The summed E-state index contributed by atoms with van der Waals surface area (Å²) in [4.78, 5) is 26.9. The van der Waals surface area contributed by atoms with Gasteiger partial charge in [0.15, 0.2) is 0 Å². The van der Waals surface area contributed by atoms with Gasteiger partial charge < -0.3 is 15.0 Å². The molecular formula is C23H26F2N4O3. The summed E-state index contributed by atoms with van der Waals surface area (Å²) in [7, 11) is 1.51. The Hall–Kier alpha value is -3.33. The third-order valence-corrected chi connectivity index (χ3v) is 5.11. The van der Waals surface area contributed by atoms with Gasteiger partial charge in [-0.05, 0) is 30.7 Å². The Morgan fingerprint density at radius 3 is 2.56 bits per heavy atom. The van der Waals surface area contributed by atoms with Crippen molar-refractivity contribution in [3.05, 3.63) is 71.3 Å². The van der Waals surface area contributed by atoms with Crippen LogP contribution < -0.4 is 5.32 Å². The zero-order valence-electron chi connectivity index (χ0n) is 18.1. The summed E-state index contributed by atoms with van der Waals surface area (Å²) in [5.74, 6) is -1.30. The second kappa shape index (κ2) is 10.8. The van der Waals surface area contributed by atoms with Crippen LogP contribution >= 0.6 is 0 Å². The lowest BCUT2D eigenvalue weighted by Gasteiger charge is -2.27. The molecule has 2 aromatic rings. The lowest BCUT2D eigenvalue weighted by atomic mass is 9.98. The molecule has 3 rings (SSSR count). The van der Waals surface area contributed by atoms with Crippen LogP contribution in [0.15, 0.2) is 53.6 Å². The lowest BCUT2D eigenvalue weighted by Crippen LogP contribution is -2.47. The Balaban J connectivity index is 1.90. The first kappa shape index (κ1) is 23.3. The van der Waals surface area contributed by atoms with Gasteiger partial charge in [0, 0.05) is 32.2 Å². The summed E-state index contributed by atoms with van der Waals surface area (Å²) in [6, 6.07) is 10.9. The maximum atomic E-state index is 14.6. The SMILES string of the molecule is CCNC(=O)N(CCOC)CC(=O)N1N=C(c2ccc(F)cc2)CC1c1ccccc1F. The number of benzene rings is 2. The average molecular weight is 444 g/mol. The molecule has 7 nitrogen and oxygen atoms in total. The minimum atomic E-state index is -0.678. The molecule has 3 amide bonds. The molecule has 0 radical (unpaired) electrons. The largest absolute Gasteiger partial charge is 0.383 e. The van der Waals surface area contributed by atoms with Crippen LogP contribution in [0.5, 0.6) is 0 Å². The summed E-state index contributed by atoms with van der Waals surface area (Å²) >= 11 is 0. The van der Waals surface area contributed by atoms with Gasteiger partial charge in [0.2, 0.25) is 0 Å². The van der Waals surface area contributed by atoms with E-state index < -0.39 is 23.8 Å². The van der Waals surface area contributed by atoms with Gasteiger partial charge in [0.05, 0.1) is 18.4 Å². The third-order valence-electron chi connectivity index (χ3n) is 5.11. The zero-order valence-corrected chi connectivity index (χ0v) is 18.1. The number of hydrogen-bond acceptors (Lipinski definition) is 4. The molecule has 0 bridgehead atoms. The molecule has 2 aromatic carbocycles. The topological polar surface area (TPSA) is 74.2 Å². The van der Waals surface area contributed by atoms with Crippen molar-refractivity contribution in [2.24, 2.45) is 5.10 Å². The van der Waals surface area contributed by atoms with Gasteiger partial charge in [-0.3, -0.25) is 4.79 Å². The monoisotopic (exact) mass is 444 g/mol. The molecule has 170 valence electrons. The molecule has 32 heavy (non-hydrogen) atoms. The maximum Gasteiger partial charge on any atom is 0.317 e.